The van der Waals surface area contributed by atoms with Crippen molar-refractivity contribution in [3.8, 4) is 5.75 Å². The second kappa shape index (κ2) is 53.6. The predicted octanol–water partition coefficient (Wildman–Crippen LogP) is -6.99. The van der Waals surface area contributed by atoms with Crippen molar-refractivity contribution in [2.45, 2.75) is 312 Å². The van der Waals surface area contributed by atoms with Crippen LogP contribution >= 0.6 is 0 Å². The van der Waals surface area contributed by atoms with E-state index >= 15 is 0 Å². The predicted molar refractivity (Wildman–Crippen MR) is 441 cm³/mol. The third-order valence-electron chi connectivity index (χ3n) is 21.5. The van der Waals surface area contributed by atoms with Crippen molar-refractivity contribution in [2.24, 2.45) is 28.9 Å². The number of esters is 1. The number of phenols is 1. The molecule has 690 valence electrons. The van der Waals surface area contributed by atoms with Gasteiger partial charge in [-0.25, -0.2) is 4.79 Å². The third kappa shape index (κ3) is 34.4. The van der Waals surface area contributed by atoms with E-state index in [-0.39, 0.29) is 64.0 Å². The molecule has 3 aliphatic heterocycles. The molecule has 27 N–H and O–H groups in total. The number of aromatic hydroxyl groups is 1. The first-order valence-corrected chi connectivity index (χ1v) is 42.5. The number of nitrogens with two attached hydrogens (primary N) is 4. The number of cyclic esters (lactones) is 1. The summed E-state index contributed by atoms with van der Waals surface area (Å²) in [5.74, 6) is -18.0. The maximum absolute atomic E-state index is 14.9. The van der Waals surface area contributed by atoms with Crippen molar-refractivity contribution in [2.75, 3.05) is 58.9 Å². The van der Waals surface area contributed by atoms with Crippen LogP contribution in [-0.4, -0.2) is 324 Å². The molecule has 14 amide bonds. The summed E-state index contributed by atoms with van der Waals surface area (Å²) in [6.07, 6.45) is -6.43. The van der Waals surface area contributed by atoms with Crippen LogP contribution in [-0.2, 0) is 83.1 Å². The average Bonchev–Trinajstić information content (AvgIpc) is 1.63. The summed E-state index contributed by atoms with van der Waals surface area (Å²) in [5.41, 5.74) is 23.4. The second-order valence-corrected chi connectivity index (χ2v) is 32.2. The summed E-state index contributed by atoms with van der Waals surface area (Å²) in [5, 5.41) is 115. The van der Waals surface area contributed by atoms with Gasteiger partial charge in [-0.1, -0.05) is 97.1 Å². The van der Waals surface area contributed by atoms with Crippen LogP contribution in [0.1, 0.15) is 189 Å². The number of aliphatic hydroxyl groups is 7. The van der Waals surface area contributed by atoms with Crippen molar-refractivity contribution < 1.29 is 118 Å². The number of hydrogen-bond donors (Lipinski definition) is 23. The van der Waals surface area contributed by atoms with E-state index in [1.165, 1.54) is 45.0 Å². The Balaban J connectivity index is 1.87. The molecule has 0 spiro atoms. The van der Waals surface area contributed by atoms with Crippen LogP contribution < -0.4 is 81.4 Å². The first-order valence-electron chi connectivity index (χ1n) is 42.5. The quantitative estimate of drug-likeness (QED) is 0.0222. The number of carbonyl (C=O) groups excluding carboxylic acids is 15. The SMILES string of the molecule is CCCCCCCCCCCCC[C@@H]1CC(=O)N[C@H]([C@@H](C)O)C(=O)N[C@H](C)C(=O)N[C@@H](Cc2ccc(O)cc2)C(=O)N[C@@H](C(C)C)C(=O)N2C[C@H](O)C[C@H]2C(=O)N[C@H]([C@@H](C)O)C(=O)N[C@@H]([C@@H](C)O)C(=O)N2CC[C@H](O)[C@H]2C(=O)N[C@@H]([C@H](O)CC(N)=O)C(=O)NCC(=O)N[C@H]([C@@H](C)O)C(=O)N[C@@H](CCCNC(=O)[C@H](CCCN)N(CCN)CCN)C(=O)O1. The lowest BCUT2D eigenvalue weighted by atomic mass is 9.99. The zero-order chi connectivity index (χ0) is 91.2. The van der Waals surface area contributed by atoms with Gasteiger partial charge in [0.05, 0.1) is 68.2 Å². The molecule has 1 aromatic carbocycles. The molecule has 3 saturated heterocycles. The number of rotatable bonds is 35. The van der Waals surface area contributed by atoms with E-state index < -0.39 is 255 Å². The molecule has 1 aromatic rings. The van der Waals surface area contributed by atoms with E-state index in [1.54, 1.807) is 4.90 Å². The normalized spacial score (nSPS) is 26.5. The molecule has 42 heteroatoms. The first kappa shape index (κ1) is 105. The van der Waals surface area contributed by atoms with E-state index in [4.69, 9.17) is 27.7 Å². The number of unbranched alkanes of at least 4 members (excludes halogenated alkanes) is 10. The molecule has 0 bridgehead atoms. The van der Waals surface area contributed by atoms with E-state index in [2.05, 4.69) is 65.4 Å². The van der Waals surface area contributed by atoms with Crippen LogP contribution in [0.2, 0.25) is 0 Å². The van der Waals surface area contributed by atoms with Crippen molar-refractivity contribution in [3.05, 3.63) is 29.8 Å². The zero-order valence-corrected chi connectivity index (χ0v) is 71.4. The lowest BCUT2D eigenvalue weighted by molar-refractivity contribution is -0.155. The molecule has 42 nitrogen and oxygen atoms in total. The molecule has 0 unspecified atom stereocenters. The van der Waals surface area contributed by atoms with Gasteiger partial charge in [-0.15, -0.1) is 0 Å². The molecule has 0 aromatic heterocycles. The fourth-order valence-electron chi connectivity index (χ4n) is 14.6. The number of primary amides is 1. The number of hydrogen-bond acceptors (Lipinski definition) is 28. The summed E-state index contributed by atoms with van der Waals surface area (Å²) in [6.45, 7) is 9.65. The Morgan fingerprint density at radius 1 is 0.557 bits per heavy atom. The maximum atomic E-state index is 14.9. The minimum Gasteiger partial charge on any atom is -0.508 e. The monoisotopic (exact) mass is 1730 g/mol. The number of nitrogens with zero attached hydrogens (tertiary/aromatic N) is 3. The molecule has 0 radical (unpaired) electrons. The molecular formula is C80H136N18O24. The van der Waals surface area contributed by atoms with Gasteiger partial charge in [0.2, 0.25) is 82.7 Å². The molecule has 122 heavy (non-hydrogen) atoms. The highest BCUT2D eigenvalue weighted by molar-refractivity contribution is 6.00. The summed E-state index contributed by atoms with van der Waals surface area (Å²) in [7, 11) is 0. The largest absolute Gasteiger partial charge is 0.508 e. The topological polar surface area (TPSA) is 673 Å². The maximum Gasteiger partial charge on any atom is 0.328 e. The van der Waals surface area contributed by atoms with Gasteiger partial charge in [0.1, 0.15) is 78.3 Å². The van der Waals surface area contributed by atoms with Gasteiger partial charge < -0.3 is 137 Å². The summed E-state index contributed by atoms with van der Waals surface area (Å²) in [6, 6.07) is -15.6. The fraction of sp³-hybridized carbons (Fsp3) is 0.738. The van der Waals surface area contributed by atoms with Crippen LogP contribution in [0.4, 0.5) is 0 Å². The number of fused-ring (bicyclic) bond motifs is 2. The van der Waals surface area contributed by atoms with E-state index in [0.717, 1.165) is 90.4 Å². The van der Waals surface area contributed by atoms with Gasteiger partial charge in [-0.05, 0) is 110 Å². The van der Waals surface area contributed by atoms with E-state index in [1.807, 2.05) is 0 Å². The van der Waals surface area contributed by atoms with Gasteiger partial charge in [-0.3, -0.25) is 72.0 Å². The minimum absolute atomic E-state index is 0.00521. The van der Waals surface area contributed by atoms with Crippen LogP contribution in [0.5, 0.6) is 5.75 Å². The summed E-state index contributed by atoms with van der Waals surface area (Å²) >= 11 is 0. The van der Waals surface area contributed by atoms with Gasteiger partial charge in [0.25, 0.3) is 0 Å². The van der Waals surface area contributed by atoms with Crippen LogP contribution in [0.25, 0.3) is 0 Å². The molecule has 20 atom stereocenters. The van der Waals surface area contributed by atoms with Crippen LogP contribution in [0, 0.1) is 5.92 Å². The number of amides is 14. The summed E-state index contributed by atoms with van der Waals surface area (Å²) in [4.78, 5) is 217. The van der Waals surface area contributed by atoms with Gasteiger partial charge >= 0.3 is 5.97 Å². The Kier molecular flexibility index (Phi) is 46.1. The fourth-order valence-corrected chi connectivity index (χ4v) is 14.6. The van der Waals surface area contributed by atoms with E-state index in [9.17, 15) is 113 Å². The highest BCUT2D eigenvalue weighted by Crippen LogP contribution is 2.26. The zero-order valence-electron chi connectivity index (χ0n) is 71.4. The smallest absolute Gasteiger partial charge is 0.328 e. The number of phenolic OH excluding ortho intramolecular Hbond substituents is 1. The average molecular weight is 1730 g/mol. The molecule has 4 rings (SSSR count). The Hall–Kier alpha value is -9.37. The van der Waals surface area contributed by atoms with Crippen molar-refractivity contribution in [1.29, 1.82) is 0 Å². The number of aliphatic hydroxyl groups excluding tert-OH is 7. The lowest BCUT2D eigenvalue weighted by Gasteiger charge is -2.34. The highest BCUT2D eigenvalue weighted by atomic mass is 16.5. The Morgan fingerprint density at radius 3 is 1.63 bits per heavy atom. The Morgan fingerprint density at radius 2 is 1.07 bits per heavy atom. The van der Waals surface area contributed by atoms with Gasteiger partial charge in [0, 0.05) is 58.7 Å². The second-order valence-electron chi connectivity index (χ2n) is 32.2. The number of benzene rings is 1. The number of ether oxygens (including phenoxy) is 1. The molecule has 3 heterocycles. The first-order chi connectivity index (χ1) is 57.7. The Bertz CT molecular complexity index is 3580. The lowest BCUT2D eigenvalue weighted by Crippen LogP contribution is -2.64. The van der Waals surface area contributed by atoms with Gasteiger partial charge in [-0.2, -0.15) is 0 Å². The molecule has 3 aliphatic rings. The minimum atomic E-state index is -2.26. The van der Waals surface area contributed by atoms with Crippen molar-refractivity contribution in [1.82, 2.24) is 73.2 Å². The van der Waals surface area contributed by atoms with Gasteiger partial charge in [0.15, 0.2) is 0 Å². The van der Waals surface area contributed by atoms with E-state index in [0.29, 0.717) is 49.2 Å². The molecule has 0 aliphatic carbocycles. The molecule has 0 saturated carbocycles. The van der Waals surface area contributed by atoms with Crippen LogP contribution in [0.15, 0.2) is 24.3 Å². The third-order valence-corrected chi connectivity index (χ3v) is 21.5. The standard InChI is InChI=1S/C80H136N18O24/c1-9-10-11-12-13-14-15-16-17-18-19-22-52-39-60(108)90-63(45(5)99)74(115)87-44(4)69(110)89-54(37-49-25-27-50(103)28-26-49)70(111)92-62(43(2)3)78(119)98-42-51(104)38-56(98)72(113)93-65(47(7)101)76(117)94-66(48(8)102)79(120)97-34-29-57(105)68(97)77(118)95-67(58(106)40-59(84)107)73(114)86-41-61(109)91-64(46(6)100)75(116)88-53(80(121)122-52)23-21-33-85-71(112)55(24-20-30-81)96(35-31-82)36-32-83/h25-28,43-48,51-58,62-68,99-106H,9-24,29-42,81-83H2,1-8H3,(H2,84,107)(H,85,112)(H,86,114)(H,87,115)(H,88,116)(H,89,110)(H,90,108)(H,91,109)(H,92,111)(H,93,113)(H,94,117)(H,95,118)/t44-,45-,46-,47-,48-,51-,52-,53+,54+,55+,56+,57+,58-,62+,63-,64-,65-,66+,67+,68+/m1/s1. The number of nitrogens with one attached hydrogen (secondary N) is 11. The summed E-state index contributed by atoms with van der Waals surface area (Å²) < 4.78 is 6.11. The molecular weight excluding hydrogens is 1600 g/mol. The Labute approximate surface area is 711 Å². The van der Waals surface area contributed by atoms with Crippen molar-refractivity contribution in [3.63, 3.8) is 0 Å². The molecule has 3 fully saturated rings. The number of carbonyl (C=O) groups is 15. The highest BCUT2D eigenvalue weighted by Gasteiger charge is 2.49. The van der Waals surface area contributed by atoms with Crippen LogP contribution in [0.3, 0.4) is 0 Å². The van der Waals surface area contributed by atoms with Crippen molar-refractivity contribution >= 4 is 88.7 Å².